The van der Waals surface area contributed by atoms with Gasteiger partial charge in [-0.05, 0) is 77.1 Å². The number of hydrogen-bond acceptors (Lipinski definition) is 5. The Morgan fingerprint density at radius 3 is 2.22 bits per heavy atom. The molecule has 7 heteroatoms. The first kappa shape index (κ1) is 29.3. The third kappa shape index (κ3) is 7.29. The summed E-state index contributed by atoms with van der Waals surface area (Å²) in [5, 5.41) is 0. The number of aryl methyl sites for hydroxylation is 1. The molecule has 0 unspecified atom stereocenters. The Hall–Kier alpha value is -2.93. The highest BCUT2D eigenvalue weighted by molar-refractivity contribution is 6.06. The lowest BCUT2D eigenvalue weighted by atomic mass is 10.0. The number of ketones is 1. The molecule has 1 aromatic heterocycles. The van der Waals surface area contributed by atoms with E-state index in [9.17, 15) is 14.4 Å². The number of benzene rings is 1. The number of aromatic nitrogens is 1. The number of hydrogen-bond donors (Lipinski definition) is 0. The van der Waals surface area contributed by atoms with Gasteiger partial charge < -0.3 is 18.9 Å². The van der Waals surface area contributed by atoms with Crippen molar-refractivity contribution < 1.29 is 23.9 Å². The predicted molar refractivity (Wildman–Crippen MR) is 142 cm³/mol. The van der Waals surface area contributed by atoms with Gasteiger partial charge in [-0.3, -0.25) is 9.59 Å². The molecule has 0 fully saturated rings. The number of Topliss-reactive ketones (excluding diaryl/α,β-unsaturated/α-hetero) is 1. The summed E-state index contributed by atoms with van der Waals surface area (Å²) in [5.74, 6) is -0.809. The van der Waals surface area contributed by atoms with Gasteiger partial charge in [-0.15, -0.1) is 0 Å². The van der Waals surface area contributed by atoms with Gasteiger partial charge in [0.25, 0.3) is 5.91 Å². The lowest BCUT2D eigenvalue weighted by Crippen LogP contribution is -2.37. The quantitative estimate of drug-likeness (QED) is 0.187. The van der Waals surface area contributed by atoms with E-state index in [0.717, 1.165) is 19.3 Å². The van der Waals surface area contributed by atoms with Crippen LogP contribution in [0.2, 0.25) is 0 Å². The number of ether oxygens (including phenoxy) is 2. The highest BCUT2D eigenvalue weighted by Gasteiger charge is 2.28. The highest BCUT2D eigenvalue weighted by Crippen LogP contribution is 2.24. The predicted octanol–water partition coefficient (Wildman–Crippen LogP) is 5.40. The van der Waals surface area contributed by atoms with Crippen LogP contribution in [0.3, 0.4) is 0 Å². The lowest BCUT2D eigenvalue weighted by molar-refractivity contribution is 0.0512. The van der Waals surface area contributed by atoms with E-state index in [1.165, 1.54) is 5.56 Å². The van der Waals surface area contributed by atoms with Crippen LogP contribution in [-0.4, -0.2) is 60.0 Å². The molecular weight excluding hydrogens is 456 g/mol. The number of nitrogens with zero attached hydrogens (tertiary/aromatic N) is 2. The molecule has 0 radical (unpaired) electrons. The molecule has 1 aromatic carbocycles. The molecule has 0 bridgehead atoms. The van der Waals surface area contributed by atoms with E-state index in [0.29, 0.717) is 60.8 Å². The van der Waals surface area contributed by atoms with Crippen molar-refractivity contribution in [2.45, 2.75) is 73.8 Å². The maximum absolute atomic E-state index is 13.6. The van der Waals surface area contributed by atoms with Gasteiger partial charge in [-0.1, -0.05) is 25.5 Å². The smallest absolute Gasteiger partial charge is 0.355 e. The fourth-order valence-electron chi connectivity index (χ4n) is 4.55. The molecule has 0 aliphatic heterocycles. The SMILES string of the molecule is CCCCc1ccc(C(=O)N(CCCOCC)CC(=O)c2c(C)c(C(=O)OCC)n(CC)c2C)cc1. The monoisotopic (exact) mass is 498 g/mol. The van der Waals surface area contributed by atoms with Gasteiger partial charge in [-0.2, -0.15) is 0 Å². The van der Waals surface area contributed by atoms with E-state index < -0.39 is 5.97 Å². The molecule has 36 heavy (non-hydrogen) atoms. The summed E-state index contributed by atoms with van der Waals surface area (Å²) in [6, 6.07) is 7.67. The Morgan fingerprint density at radius 2 is 1.64 bits per heavy atom. The fraction of sp³-hybridized carbons (Fsp3) is 0.552. The van der Waals surface area contributed by atoms with Gasteiger partial charge in [0.15, 0.2) is 5.78 Å². The van der Waals surface area contributed by atoms with Crippen LogP contribution in [0, 0.1) is 13.8 Å². The molecule has 0 N–H and O–H groups in total. The van der Waals surface area contributed by atoms with Gasteiger partial charge >= 0.3 is 5.97 Å². The minimum absolute atomic E-state index is 0.0692. The normalized spacial score (nSPS) is 10.9. The number of unbranched alkanes of at least 4 members (excludes halogenated alkanes) is 1. The van der Waals surface area contributed by atoms with Crippen molar-refractivity contribution in [1.82, 2.24) is 9.47 Å². The number of carbonyl (C=O) groups is 3. The molecule has 0 aliphatic rings. The molecule has 1 heterocycles. The first-order valence-corrected chi connectivity index (χ1v) is 13.2. The van der Waals surface area contributed by atoms with Crippen LogP contribution < -0.4 is 0 Å². The molecule has 0 aliphatic carbocycles. The van der Waals surface area contributed by atoms with Crippen LogP contribution in [0.15, 0.2) is 24.3 Å². The maximum Gasteiger partial charge on any atom is 0.355 e. The Balaban J connectivity index is 2.32. The summed E-state index contributed by atoms with van der Waals surface area (Å²) in [7, 11) is 0. The average molecular weight is 499 g/mol. The minimum atomic E-state index is -0.438. The van der Waals surface area contributed by atoms with Crippen molar-refractivity contribution in [2.24, 2.45) is 0 Å². The van der Waals surface area contributed by atoms with Gasteiger partial charge in [-0.25, -0.2) is 4.79 Å². The van der Waals surface area contributed by atoms with Gasteiger partial charge in [0.1, 0.15) is 5.69 Å². The van der Waals surface area contributed by atoms with Crippen molar-refractivity contribution in [3.63, 3.8) is 0 Å². The minimum Gasteiger partial charge on any atom is -0.461 e. The van der Waals surface area contributed by atoms with Crippen LogP contribution in [0.5, 0.6) is 0 Å². The molecule has 7 nitrogen and oxygen atoms in total. The largest absolute Gasteiger partial charge is 0.461 e. The first-order valence-electron chi connectivity index (χ1n) is 13.2. The average Bonchev–Trinajstić information content (AvgIpc) is 3.13. The Labute approximate surface area is 215 Å². The summed E-state index contributed by atoms with van der Waals surface area (Å²) >= 11 is 0. The summed E-state index contributed by atoms with van der Waals surface area (Å²) in [6.45, 7) is 13.6. The zero-order valence-electron chi connectivity index (χ0n) is 22.8. The molecule has 2 rings (SSSR count). The number of rotatable bonds is 15. The van der Waals surface area contributed by atoms with Crippen molar-refractivity contribution in [2.75, 3.05) is 32.9 Å². The van der Waals surface area contributed by atoms with Crippen molar-refractivity contribution >= 4 is 17.7 Å². The first-order chi connectivity index (χ1) is 17.3. The third-order valence-corrected chi connectivity index (χ3v) is 6.39. The molecule has 198 valence electrons. The second-order valence-electron chi connectivity index (χ2n) is 8.90. The zero-order valence-corrected chi connectivity index (χ0v) is 22.8. The van der Waals surface area contributed by atoms with Gasteiger partial charge in [0.2, 0.25) is 0 Å². The van der Waals surface area contributed by atoms with E-state index >= 15 is 0 Å². The standard InChI is InChI=1S/C29H42N2O5/c1-7-11-13-23-14-16-24(17-15-23)28(33)30(18-12-19-35-9-3)20-25(32)26-21(5)27(29(34)36-10-4)31(8-2)22(26)6/h14-17H,7-13,18-20H2,1-6H3. The second kappa shape index (κ2) is 14.6. The topological polar surface area (TPSA) is 77.8 Å². The highest BCUT2D eigenvalue weighted by atomic mass is 16.5. The fourth-order valence-corrected chi connectivity index (χ4v) is 4.55. The molecule has 0 atom stereocenters. The Kier molecular flexibility index (Phi) is 11.9. The summed E-state index contributed by atoms with van der Waals surface area (Å²) in [5.41, 5.74) is 3.96. The van der Waals surface area contributed by atoms with E-state index in [-0.39, 0.29) is 24.8 Å². The van der Waals surface area contributed by atoms with Crippen LogP contribution in [0.1, 0.15) is 95.0 Å². The van der Waals surface area contributed by atoms with Gasteiger partial charge in [0, 0.05) is 43.1 Å². The number of carbonyl (C=O) groups excluding carboxylic acids is 3. The van der Waals surface area contributed by atoms with Gasteiger partial charge in [0.05, 0.1) is 13.2 Å². The summed E-state index contributed by atoms with van der Waals surface area (Å²) in [4.78, 5) is 41.2. The van der Waals surface area contributed by atoms with Crippen molar-refractivity contribution in [1.29, 1.82) is 0 Å². The lowest BCUT2D eigenvalue weighted by Gasteiger charge is -2.22. The van der Waals surface area contributed by atoms with Crippen LogP contribution in [0.25, 0.3) is 0 Å². The van der Waals surface area contributed by atoms with Crippen molar-refractivity contribution in [3.8, 4) is 0 Å². The number of amides is 1. The van der Waals surface area contributed by atoms with E-state index in [1.54, 1.807) is 18.7 Å². The summed E-state index contributed by atoms with van der Waals surface area (Å²) in [6.07, 6.45) is 3.84. The molecule has 0 saturated heterocycles. The van der Waals surface area contributed by atoms with E-state index in [2.05, 4.69) is 6.92 Å². The Bertz CT molecular complexity index is 1020. The van der Waals surface area contributed by atoms with Crippen LogP contribution in [-0.2, 0) is 22.4 Å². The van der Waals surface area contributed by atoms with Crippen LogP contribution in [0.4, 0.5) is 0 Å². The summed E-state index contributed by atoms with van der Waals surface area (Å²) < 4.78 is 12.5. The third-order valence-electron chi connectivity index (χ3n) is 6.39. The van der Waals surface area contributed by atoms with Crippen molar-refractivity contribution in [3.05, 3.63) is 57.9 Å². The molecule has 1 amide bonds. The van der Waals surface area contributed by atoms with E-state index in [1.807, 2.05) is 49.6 Å². The zero-order chi connectivity index (χ0) is 26.7. The maximum atomic E-state index is 13.6. The Morgan fingerprint density at radius 1 is 0.944 bits per heavy atom. The second-order valence-corrected chi connectivity index (χ2v) is 8.90. The van der Waals surface area contributed by atoms with Crippen LogP contribution >= 0.6 is 0 Å². The van der Waals surface area contributed by atoms with E-state index in [4.69, 9.17) is 9.47 Å². The number of esters is 1. The molecule has 0 spiro atoms. The molecule has 2 aromatic rings. The molecule has 0 saturated carbocycles. The molecular formula is C29H42N2O5.